The van der Waals surface area contributed by atoms with Gasteiger partial charge in [-0.3, -0.25) is 0 Å². The number of thiazole rings is 1. The highest BCUT2D eigenvalue weighted by Crippen LogP contribution is 2.26. The van der Waals surface area contributed by atoms with Crippen molar-refractivity contribution < 1.29 is 4.74 Å². The van der Waals surface area contributed by atoms with Crippen LogP contribution in [0, 0.1) is 0 Å². The molecule has 0 radical (unpaired) electrons. The third-order valence-corrected chi connectivity index (χ3v) is 4.33. The summed E-state index contributed by atoms with van der Waals surface area (Å²) in [5.41, 5.74) is 2.45. The van der Waals surface area contributed by atoms with Crippen molar-refractivity contribution in [2.24, 2.45) is 0 Å². The zero-order chi connectivity index (χ0) is 15.5. The molecule has 0 saturated heterocycles. The molecule has 0 aliphatic heterocycles. The van der Waals surface area contributed by atoms with Gasteiger partial charge < -0.3 is 10.1 Å². The number of nitrogens with one attached hydrogen (secondary N) is 1. The topological polar surface area (TPSA) is 34.1 Å². The molecule has 0 amide bonds. The van der Waals surface area contributed by atoms with E-state index in [9.17, 15) is 0 Å². The second-order valence-corrected chi connectivity index (χ2v) is 7.16. The molecule has 21 heavy (non-hydrogen) atoms. The van der Waals surface area contributed by atoms with E-state index in [0.29, 0.717) is 0 Å². The maximum absolute atomic E-state index is 5.41. The van der Waals surface area contributed by atoms with Crippen molar-refractivity contribution in [2.75, 3.05) is 7.11 Å². The second-order valence-electron chi connectivity index (χ2n) is 6.22. The standard InChI is InChI=1S/C17H24N2OS/c1-12(13-8-6-7-9-14(13)20-5)18-10-16-19-15(11-21-16)17(2,3)4/h6-9,11-12,18H,10H2,1-5H3/t12-/m1/s1. The molecule has 1 N–H and O–H groups in total. The Morgan fingerprint density at radius 3 is 2.62 bits per heavy atom. The SMILES string of the molecule is COc1ccccc1[C@@H](C)NCc1nc(C(C)(C)C)cs1. The summed E-state index contributed by atoms with van der Waals surface area (Å²) in [6, 6.07) is 8.35. The molecule has 1 aromatic carbocycles. The predicted octanol–water partition coefficient (Wildman–Crippen LogP) is 4.30. The summed E-state index contributed by atoms with van der Waals surface area (Å²) in [6.45, 7) is 9.50. The van der Waals surface area contributed by atoms with Crippen LogP contribution in [0.5, 0.6) is 5.75 Å². The lowest BCUT2D eigenvalue weighted by Gasteiger charge is -2.17. The third-order valence-electron chi connectivity index (χ3n) is 3.49. The number of methoxy groups -OCH3 is 1. The minimum Gasteiger partial charge on any atom is -0.496 e. The van der Waals surface area contributed by atoms with Gasteiger partial charge in [0, 0.05) is 28.9 Å². The van der Waals surface area contributed by atoms with E-state index in [4.69, 9.17) is 9.72 Å². The lowest BCUT2D eigenvalue weighted by molar-refractivity contribution is 0.401. The van der Waals surface area contributed by atoms with Gasteiger partial charge in [-0.15, -0.1) is 11.3 Å². The molecule has 4 heteroatoms. The first-order chi connectivity index (χ1) is 9.91. The number of benzene rings is 1. The van der Waals surface area contributed by atoms with Crippen LogP contribution < -0.4 is 10.1 Å². The van der Waals surface area contributed by atoms with Crippen LogP contribution in [-0.2, 0) is 12.0 Å². The molecule has 0 saturated carbocycles. The number of hydrogen-bond donors (Lipinski definition) is 1. The zero-order valence-electron chi connectivity index (χ0n) is 13.4. The van der Waals surface area contributed by atoms with Gasteiger partial charge in [-0.25, -0.2) is 4.98 Å². The summed E-state index contributed by atoms with van der Waals surface area (Å²) >= 11 is 1.72. The lowest BCUT2D eigenvalue weighted by Crippen LogP contribution is -2.19. The van der Waals surface area contributed by atoms with Crippen molar-refractivity contribution in [1.29, 1.82) is 0 Å². The fourth-order valence-corrected chi connectivity index (χ4v) is 3.08. The van der Waals surface area contributed by atoms with Crippen molar-refractivity contribution in [2.45, 2.75) is 45.7 Å². The van der Waals surface area contributed by atoms with Crippen molar-refractivity contribution in [1.82, 2.24) is 10.3 Å². The fraction of sp³-hybridized carbons (Fsp3) is 0.471. The molecule has 1 heterocycles. The molecule has 0 fully saturated rings. The molecule has 0 unspecified atom stereocenters. The van der Waals surface area contributed by atoms with Crippen LogP contribution in [0.4, 0.5) is 0 Å². The van der Waals surface area contributed by atoms with Crippen LogP contribution in [0.1, 0.15) is 50.0 Å². The Bertz CT molecular complexity index is 586. The first-order valence-corrected chi connectivity index (χ1v) is 8.11. The Kier molecular flexibility index (Phi) is 5.01. The van der Waals surface area contributed by atoms with Gasteiger partial charge in [0.05, 0.1) is 12.8 Å². The quantitative estimate of drug-likeness (QED) is 0.894. The summed E-state index contributed by atoms with van der Waals surface area (Å²) in [5.74, 6) is 0.923. The zero-order valence-corrected chi connectivity index (χ0v) is 14.3. The Balaban J connectivity index is 2.01. The Hall–Kier alpha value is -1.39. The lowest BCUT2D eigenvalue weighted by atomic mass is 9.93. The molecule has 3 nitrogen and oxygen atoms in total. The number of rotatable bonds is 5. The van der Waals surface area contributed by atoms with Gasteiger partial charge in [-0.2, -0.15) is 0 Å². The molecule has 1 aromatic heterocycles. The smallest absolute Gasteiger partial charge is 0.123 e. The van der Waals surface area contributed by atoms with Gasteiger partial charge in [0.2, 0.25) is 0 Å². The molecule has 0 aliphatic rings. The van der Waals surface area contributed by atoms with Gasteiger partial charge in [0.15, 0.2) is 0 Å². The maximum Gasteiger partial charge on any atom is 0.123 e. The number of aromatic nitrogens is 1. The summed E-state index contributed by atoms with van der Waals surface area (Å²) < 4.78 is 5.41. The van der Waals surface area contributed by atoms with Crippen LogP contribution in [0.25, 0.3) is 0 Å². The predicted molar refractivity (Wildman–Crippen MR) is 89.1 cm³/mol. The highest BCUT2D eigenvalue weighted by molar-refractivity contribution is 7.09. The molecule has 0 aliphatic carbocycles. The first kappa shape index (κ1) is 16.0. The minimum atomic E-state index is 0.114. The molecule has 0 spiro atoms. The van der Waals surface area contributed by atoms with E-state index >= 15 is 0 Å². The first-order valence-electron chi connectivity index (χ1n) is 7.23. The Labute approximate surface area is 131 Å². The summed E-state index contributed by atoms with van der Waals surface area (Å²) in [4.78, 5) is 4.71. The van der Waals surface area contributed by atoms with E-state index < -0.39 is 0 Å². The number of nitrogens with zero attached hydrogens (tertiary/aromatic N) is 1. The van der Waals surface area contributed by atoms with Crippen LogP contribution in [0.3, 0.4) is 0 Å². The highest BCUT2D eigenvalue weighted by Gasteiger charge is 2.18. The van der Waals surface area contributed by atoms with E-state index in [-0.39, 0.29) is 11.5 Å². The molecule has 2 rings (SSSR count). The van der Waals surface area contributed by atoms with Crippen molar-refractivity contribution in [3.8, 4) is 5.75 Å². The Morgan fingerprint density at radius 1 is 1.29 bits per heavy atom. The van der Waals surface area contributed by atoms with E-state index in [1.54, 1.807) is 18.4 Å². The second kappa shape index (κ2) is 6.58. The third kappa shape index (κ3) is 4.05. The van der Waals surface area contributed by atoms with Gasteiger partial charge in [-0.05, 0) is 13.0 Å². The van der Waals surface area contributed by atoms with Crippen LogP contribution in [0.2, 0.25) is 0 Å². The van der Waals surface area contributed by atoms with Crippen LogP contribution >= 0.6 is 11.3 Å². The average Bonchev–Trinajstić information content (AvgIpc) is 2.93. The average molecular weight is 304 g/mol. The van der Waals surface area contributed by atoms with Gasteiger partial charge in [0.25, 0.3) is 0 Å². The largest absolute Gasteiger partial charge is 0.496 e. The normalized spacial score (nSPS) is 13.2. The summed E-state index contributed by atoms with van der Waals surface area (Å²) in [5, 5.41) is 6.81. The molecule has 0 bridgehead atoms. The maximum atomic E-state index is 5.41. The number of hydrogen-bond acceptors (Lipinski definition) is 4. The van der Waals surface area contributed by atoms with Crippen molar-refractivity contribution >= 4 is 11.3 Å². The molecule has 114 valence electrons. The molecular formula is C17H24N2OS. The van der Waals surface area contributed by atoms with E-state index in [1.807, 2.05) is 18.2 Å². The molecular weight excluding hydrogens is 280 g/mol. The van der Waals surface area contributed by atoms with Gasteiger partial charge >= 0.3 is 0 Å². The van der Waals surface area contributed by atoms with E-state index in [2.05, 4.69) is 44.5 Å². The Morgan fingerprint density at radius 2 is 2.00 bits per heavy atom. The summed E-state index contributed by atoms with van der Waals surface area (Å²) in [7, 11) is 1.71. The molecule has 2 aromatic rings. The van der Waals surface area contributed by atoms with Crippen LogP contribution in [0.15, 0.2) is 29.6 Å². The minimum absolute atomic E-state index is 0.114. The van der Waals surface area contributed by atoms with Crippen LogP contribution in [-0.4, -0.2) is 12.1 Å². The highest BCUT2D eigenvalue weighted by atomic mass is 32.1. The van der Waals surface area contributed by atoms with Crippen molar-refractivity contribution in [3.63, 3.8) is 0 Å². The number of para-hydroxylation sites is 1. The number of ether oxygens (including phenoxy) is 1. The fourth-order valence-electron chi connectivity index (χ4n) is 2.11. The van der Waals surface area contributed by atoms with E-state index in [0.717, 1.165) is 23.0 Å². The summed E-state index contributed by atoms with van der Waals surface area (Å²) in [6.07, 6.45) is 0. The van der Waals surface area contributed by atoms with Gasteiger partial charge in [0.1, 0.15) is 10.8 Å². The van der Waals surface area contributed by atoms with Gasteiger partial charge in [-0.1, -0.05) is 39.0 Å². The monoisotopic (exact) mass is 304 g/mol. The molecule has 1 atom stereocenters. The van der Waals surface area contributed by atoms with E-state index in [1.165, 1.54) is 5.56 Å². The van der Waals surface area contributed by atoms with Crippen molar-refractivity contribution in [3.05, 3.63) is 45.9 Å².